The molecule has 0 amide bonds. The number of halogens is 3. The van der Waals surface area contributed by atoms with Crippen LogP contribution in [0, 0.1) is 0 Å². The van der Waals surface area contributed by atoms with Crippen LogP contribution in [0.1, 0.15) is 18.3 Å². The summed E-state index contributed by atoms with van der Waals surface area (Å²) in [6.07, 6.45) is -4.17. The van der Waals surface area contributed by atoms with Crippen LogP contribution in [0.3, 0.4) is 0 Å². The molecule has 1 N–H and O–H groups in total. The molecule has 1 aromatic rings. The van der Waals surface area contributed by atoms with E-state index >= 15 is 0 Å². The third-order valence-electron chi connectivity index (χ3n) is 2.30. The zero-order chi connectivity index (χ0) is 13.6. The molecule has 0 aliphatic carbocycles. The third-order valence-corrected chi connectivity index (χ3v) is 2.30. The molecule has 102 valence electrons. The molecule has 1 rings (SSSR count). The van der Waals surface area contributed by atoms with Gasteiger partial charge in [0, 0.05) is 13.1 Å². The summed E-state index contributed by atoms with van der Waals surface area (Å²) < 4.78 is 36.5. The predicted octanol–water partition coefficient (Wildman–Crippen LogP) is 2.19. The Hall–Kier alpha value is -1.14. The van der Waals surface area contributed by atoms with Crippen LogP contribution in [0.2, 0.25) is 0 Å². The van der Waals surface area contributed by atoms with Crippen LogP contribution in [0.25, 0.3) is 0 Å². The van der Waals surface area contributed by atoms with Crippen molar-refractivity contribution in [2.75, 3.05) is 20.1 Å². The Labute approximate surface area is 105 Å². The van der Waals surface area contributed by atoms with Gasteiger partial charge in [-0.25, -0.2) is 0 Å². The molecule has 1 heterocycles. The third kappa shape index (κ3) is 5.97. The highest BCUT2D eigenvalue weighted by Gasteiger charge is 2.29. The van der Waals surface area contributed by atoms with Crippen molar-refractivity contribution in [3.8, 4) is 0 Å². The normalized spacial score (nSPS) is 12.1. The molecule has 18 heavy (non-hydrogen) atoms. The zero-order valence-corrected chi connectivity index (χ0v) is 10.6. The van der Waals surface area contributed by atoms with Gasteiger partial charge in [0.1, 0.15) is 0 Å². The lowest BCUT2D eigenvalue weighted by Gasteiger charge is -2.18. The summed E-state index contributed by atoms with van der Waals surface area (Å²) in [4.78, 5) is 5.52. The molecule has 0 aliphatic rings. The second-order valence-corrected chi connectivity index (χ2v) is 4.19. The molecular formula is C12H18F3N3. The molecule has 0 saturated carbocycles. The lowest BCUT2D eigenvalue weighted by molar-refractivity contribution is -0.144. The quantitative estimate of drug-likeness (QED) is 0.850. The Kier molecular flexibility index (Phi) is 5.55. The van der Waals surface area contributed by atoms with Crippen molar-refractivity contribution in [3.05, 3.63) is 29.6 Å². The molecule has 0 spiro atoms. The first-order valence-corrected chi connectivity index (χ1v) is 5.81. The van der Waals surface area contributed by atoms with Crippen molar-refractivity contribution in [2.24, 2.45) is 0 Å². The van der Waals surface area contributed by atoms with Crippen LogP contribution in [0.5, 0.6) is 0 Å². The van der Waals surface area contributed by atoms with Crippen LogP contribution in [-0.2, 0) is 13.1 Å². The van der Waals surface area contributed by atoms with Gasteiger partial charge in [0.25, 0.3) is 0 Å². The maximum Gasteiger partial charge on any atom is 0.401 e. The Bertz CT molecular complexity index is 366. The fourth-order valence-electron chi connectivity index (χ4n) is 1.61. The number of hydrogen-bond acceptors (Lipinski definition) is 3. The van der Waals surface area contributed by atoms with Gasteiger partial charge in [-0.3, -0.25) is 9.88 Å². The van der Waals surface area contributed by atoms with E-state index in [2.05, 4.69) is 10.3 Å². The summed E-state index contributed by atoms with van der Waals surface area (Å²) >= 11 is 0. The van der Waals surface area contributed by atoms with Crippen molar-refractivity contribution in [3.63, 3.8) is 0 Å². The SMILES string of the molecule is CCNCc1cccc(CN(C)CC(F)(F)F)n1. The van der Waals surface area contributed by atoms with Crippen molar-refractivity contribution in [1.82, 2.24) is 15.2 Å². The van der Waals surface area contributed by atoms with Gasteiger partial charge in [-0.15, -0.1) is 0 Å². The number of aromatic nitrogens is 1. The summed E-state index contributed by atoms with van der Waals surface area (Å²) in [7, 11) is 1.44. The molecular weight excluding hydrogens is 243 g/mol. The highest BCUT2D eigenvalue weighted by Crippen LogP contribution is 2.16. The molecule has 0 radical (unpaired) electrons. The summed E-state index contributed by atoms with van der Waals surface area (Å²) in [5.41, 5.74) is 1.49. The molecule has 0 aromatic carbocycles. The van der Waals surface area contributed by atoms with Gasteiger partial charge in [0.15, 0.2) is 0 Å². The molecule has 3 nitrogen and oxygen atoms in total. The second kappa shape index (κ2) is 6.70. The fraction of sp³-hybridized carbons (Fsp3) is 0.583. The van der Waals surface area contributed by atoms with E-state index in [1.54, 1.807) is 6.07 Å². The monoisotopic (exact) mass is 261 g/mol. The average molecular weight is 261 g/mol. The first kappa shape index (κ1) is 14.9. The molecule has 0 atom stereocenters. The van der Waals surface area contributed by atoms with E-state index in [0.29, 0.717) is 12.2 Å². The van der Waals surface area contributed by atoms with E-state index in [4.69, 9.17) is 0 Å². The van der Waals surface area contributed by atoms with Gasteiger partial charge in [-0.2, -0.15) is 13.2 Å². The molecule has 6 heteroatoms. The lowest BCUT2D eigenvalue weighted by atomic mass is 10.3. The minimum Gasteiger partial charge on any atom is -0.311 e. The smallest absolute Gasteiger partial charge is 0.311 e. The van der Waals surface area contributed by atoms with Crippen LogP contribution < -0.4 is 5.32 Å². The topological polar surface area (TPSA) is 28.2 Å². The van der Waals surface area contributed by atoms with E-state index < -0.39 is 12.7 Å². The average Bonchev–Trinajstić information content (AvgIpc) is 2.24. The Morgan fingerprint density at radius 3 is 2.56 bits per heavy atom. The molecule has 1 aromatic heterocycles. The van der Waals surface area contributed by atoms with Gasteiger partial charge < -0.3 is 5.32 Å². The number of alkyl halides is 3. The lowest BCUT2D eigenvalue weighted by Crippen LogP contribution is -2.30. The van der Waals surface area contributed by atoms with E-state index in [0.717, 1.165) is 12.2 Å². The van der Waals surface area contributed by atoms with Crippen molar-refractivity contribution < 1.29 is 13.2 Å². The molecule has 0 fully saturated rings. The molecule has 0 aliphatic heterocycles. The Morgan fingerprint density at radius 1 is 1.28 bits per heavy atom. The van der Waals surface area contributed by atoms with Crippen LogP contribution in [0.4, 0.5) is 13.2 Å². The maximum atomic E-state index is 12.2. The van der Waals surface area contributed by atoms with Crippen molar-refractivity contribution >= 4 is 0 Å². The molecule has 0 saturated heterocycles. The number of nitrogens with one attached hydrogen (secondary N) is 1. The number of hydrogen-bond donors (Lipinski definition) is 1. The summed E-state index contributed by atoms with van der Waals surface area (Å²) in [6.45, 7) is 2.72. The fourth-order valence-corrected chi connectivity index (χ4v) is 1.61. The van der Waals surface area contributed by atoms with Crippen molar-refractivity contribution in [2.45, 2.75) is 26.2 Å². The summed E-state index contributed by atoms with van der Waals surface area (Å²) in [6, 6.07) is 5.41. The number of pyridine rings is 1. The zero-order valence-electron chi connectivity index (χ0n) is 10.6. The number of nitrogens with zero attached hydrogens (tertiary/aromatic N) is 2. The first-order chi connectivity index (χ1) is 8.40. The van der Waals surface area contributed by atoms with E-state index in [1.807, 2.05) is 19.1 Å². The van der Waals surface area contributed by atoms with Gasteiger partial charge in [-0.05, 0) is 25.7 Å². The maximum absolute atomic E-state index is 12.2. The van der Waals surface area contributed by atoms with Crippen LogP contribution in [0.15, 0.2) is 18.2 Å². The highest BCUT2D eigenvalue weighted by atomic mass is 19.4. The van der Waals surface area contributed by atoms with Crippen LogP contribution >= 0.6 is 0 Å². The summed E-state index contributed by atoms with van der Waals surface area (Å²) in [5, 5.41) is 3.13. The van der Waals surface area contributed by atoms with Gasteiger partial charge in [-0.1, -0.05) is 13.0 Å². The Morgan fingerprint density at radius 2 is 1.94 bits per heavy atom. The largest absolute Gasteiger partial charge is 0.401 e. The van der Waals surface area contributed by atoms with Gasteiger partial charge >= 0.3 is 6.18 Å². The molecule has 0 bridgehead atoms. The summed E-state index contributed by atoms with van der Waals surface area (Å²) in [5.74, 6) is 0. The highest BCUT2D eigenvalue weighted by molar-refractivity contribution is 5.11. The van der Waals surface area contributed by atoms with Crippen LogP contribution in [-0.4, -0.2) is 36.2 Å². The first-order valence-electron chi connectivity index (χ1n) is 5.81. The standard InChI is InChI=1S/C12H18F3N3/c1-3-16-7-10-5-4-6-11(17-10)8-18(2)9-12(13,14)15/h4-6,16H,3,7-9H2,1-2H3. The Balaban J connectivity index is 2.56. The van der Waals surface area contributed by atoms with E-state index in [1.165, 1.54) is 11.9 Å². The van der Waals surface area contributed by atoms with E-state index in [9.17, 15) is 13.2 Å². The number of rotatable bonds is 6. The second-order valence-electron chi connectivity index (χ2n) is 4.19. The minimum absolute atomic E-state index is 0.194. The van der Waals surface area contributed by atoms with Gasteiger partial charge in [0.05, 0.1) is 17.9 Å². The van der Waals surface area contributed by atoms with Crippen molar-refractivity contribution in [1.29, 1.82) is 0 Å². The predicted molar refractivity (Wildman–Crippen MR) is 64.0 cm³/mol. The minimum atomic E-state index is -4.17. The molecule has 0 unspecified atom stereocenters. The van der Waals surface area contributed by atoms with Gasteiger partial charge in [0.2, 0.25) is 0 Å². The van der Waals surface area contributed by atoms with E-state index in [-0.39, 0.29) is 6.54 Å².